The molecule has 0 aliphatic heterocycles. The van der Waals surface area contributed by atoms with E-state index in [1.165, 1.54) is 0 Å². The summed E-state index contributed by atoms with van der Waals surface area (Å²) < 4.78 is 5.42. The number of anilines is 2. The fraction of sp³-hybridized carbons (Fsp3) is 0.538. The number of thiophene rings is 1. The van der Waals surface area contributed by atoms with Crippen LogP contribution in [0.5, 0.6) is 0 Å². The molecule has 1 unspecified atom stereocenters. The number of fused-ring (bicyclic) bond motifs is 1. The van der Waals surface area contributed by atoms with Gasteiger partial charge in [-0.3, -0.25) is 0 Å². The van der Waals surface area contributed by atoms with Gasteiger partial charge in [0.2, 0.25) is 5.95 Å². The number of aromatic nitrogens is 2. The molecule has 2 rings (SSSR count). The summed E-state index contributed by atoms with van der Waals surface area (Å²) in [5, 5.41) is 9.65. The van der Waals surface area contributed by atoms with Crippen molar-refractivity contribution in [2.24, 2.45) is 0 Å². The molecule has 0 saturated carbocycles. The molecule has 2 N–H and O–H groups in total. The molecule has 0 fully saturated rings. The van der Waals surface area contributed by atoms with E-state index in [2.05, 4.69) is 27.5 Å². The number of hydrogen-bond acceptors (Lipinski definition) is 6. The molecule has 2 aromatic rings. The zero-order chi connectivity index (χ0) is 13.7. The second kappa shape index (κ2) is 6.68. The van der Waals surface area contributed by atoms with Crippen LogP contribution in [0.15, 0.2) is 11.4 Å². The minimum atomic E-state index is 0.215. The minimum Gasteiger partial charge on any atom is -0.380 e. The average Bonchev–Trinajstić information content (AvgIpc) is 2.85. The van der Waals surface area contributed by atoms with Crippen LogP contribution >= 0.6 is 11.3 Å². The molecular weight excluding hydrogens is 260 g/mol. The normalized spacial score (nSPS) is 12.6. The average molecular weight is 280 g/mol. The van der Waals surface area contributed by atoms with Crippen molar-refractivity contribution in [2.75, 3.05) is 30.4 Å². The minimum absolute atomic E-state index is 0.215. The Labute approximate surface area is 117 Å². The summed E-state index contributed by atoms with van der Waals surface area (Å²) in [5.41, 5.74) is 0. The smallest absolute Gasteiger partial charge is 0.226 e. The third-order valence-electron chi connectivity index (χ3n) is 2.62. The largest absolute Gasteiger partial charge is 0.380 e. The van der Waals surface area contributed by atoms with Gasteiger partial charge in [0, 0.05) is 19.2 Å². The second-order valence-corrected chi connectivity index (χ2v) is 5.16. The molecule has 0 spiro atoms. The summed E-state index contributed by atoms with van der Waals surface area (Å²) >= 11 is 1.62. The predicted molar refractivity (Wildman–Crippen MR) is 81.2 cm³/mol. The second-order valence-electron chi connectivity index (χ2n) is 4.27. The molecule has 0 aromatic carbocycles. The van der Waals surface area contributed by atoms with Gasteiger partial charge in [-0.05, 0) is 32.2 Å². The molecule has 0 amide bonds. The van der Waals surface area contributed by atoms with Gasteiger partial charge in [0.05, 0.1) is 12.0 Å². The van der Waals surface area contributed by atoms with Crippen molar-refractivity contribution in [1.82, 2.24) is 9.97 Å². The van der Waals surface area contributed by atoms with E-state index in [9.17, 15) is 0 Å². The van der Waals surface area contributed by atoms with Crippen LogP contribution in [0.25, 0.3) is 10.2 Å². The third-order valence-corrected chi connectivity index (χ3v) is 3.42. The number of ether oxygens (including phenoxy) is 1. The topological polar surface area (TPSA) is 59.1 Å². The maximum absolute atomic E-state index is 5.42. The first-order chi connectivity index (χ1) is 9.24. The van der Waals surface area contributed by atoms with E-state index in [1.54, 1.807) is 11.3 Å². The van der Waals surface area contributed by atoms with Crippen LogP contribution in [-0.2, 0) is 4.74 Å². The van der Waals surface area contributed by atoms with E-state index in [4.69, 9.17) is 4.74 Å². The molecule has 0 saturated heterocycles. The lowest BCUT2D eigenvalue weighted by molar-refractivity contribution is 0.141. The van der Waals surface area contributed by atoms with Gasteiger partial charge in [0.15, 0.2) is 0 Å². The summed E-state index contributed by atoms with van der Waals surface area (Å²) in [6.45, 7) is 8.33. The Kier molecular flexibility index (Phi) is 4.93. The Morgan fingerprint density at radius 1 is 1.37 bits per heavy atom. The highest BCUT2D eigenvalue weighted by Crippen LogP contribution is 2.26. The van der Waals surface area contributed by atoms with E-state index < -0.39 is 0 Å². The number of nitrogens with zero attached hydrogens (tertiary/aromatic N) is 2. The van der Waals surface area contributed by atoms with Crippen LogP contribution in [0.1, 0.15) is 20.8 Å². The first-order valence-electron chi connectivity index (χ1n) is 6.58. The quantitative estimate of drug-likeness (QED) is 0.816. The van der Waals surface area contributed by atoms with Crippen molar-refractivity contribution in [3.63, 3.8) is 0 Å². The molecule has 0 radical (unpaired) electrons. The van der Waals surface area contributed by atoms with Gasteiger partial charge in [-0.2, -0.15) is 4.98 Å². The SMILES string of the molecule is CCNc1nc(NC(C)COCC)c2ccsc2n1. The molecular formula is C13H20N4OS. The predicted octanol–water partition coefficient (Wildman–Crippen LogP) is 2.96. The lowest BCUT2D eigenvalue weighted by Gasteiger charge is -2.15. The molecule has 1 atom stereocenters. The van der Waals surface area contributed by atoms with Crippen LogP contribution in [0.3, 0.4) is 0 Å². The van der Waals surface area contributed by atoms with E-state index in [1.807, 2.05) is 25.3 Å². The molecule has 0 aliphatic carbocycles. The first-order valence-corrected chi connectivity index (χ1v) is 7.46. The van der Waals surface area contributed by atoms with Crippen LogP contribution in [-0.4, -0.2) is 35.8 Å². The fourth-order valence-corrected chi connectivity index (χ4v) is 2.54. The van der Waals surface area contributed by atoms with Crippen LogP contribution < -0.4 is 10.6 Å². The highest BCUT2D eigenvalue weighted by Gasteiger charge is 2.11. The summed E-state index contributed by atoms with van der Waals surface area (Å²) in [6.07, 6.45) is 0. The van der Waals surface area contributed by atoms with Crippen molar-refractivity contribution in [3.05, 3.63) is 11.4 Å². The monoisotopic (exact) mass is 280 g/mol. The van der Waals surface area contributed by atoms with Gasteiger partial charge in [-0.1, -0.05) is 0 Å². The summed E-state index contributed by atoms with van der Waals surface area (Å²) in [5.74, 6) is 1.54. The molecule has 0 aliphatic rings. The van der Waals surface area contributed by atoms with Gasteiger partial charge in [-0.15, -0.1) is 11.3 Å². The van der Waals surface area contributed by atoms with E-state index in [0.717, 1.165) is 29.2 Å². The number of hydrogen-bond donors (Lipinski definition) is 2. The zero-order valence-electron chi connectivity index (χ0n) is 11.6. The van der Waals surface area contributed by atoms with E-state index >= 15 is 0 Å². The van der Waals surface area contributed by atoms with Crippen molar-refractivity contribution in [1.29, 1.82) is 0 Å². The van der Waals surface area contributed by atoms with Gasteiger partial charge >= 0.3 is 0 Å². The molecule has 2 heterocycles. The Morgan fingerprint density at radius 2 is 2.21 bits per heavy atom. The Morgan fingerprint density at radius 3 is 2.95 bits per heavy atom. The van der Waals surface area contributed by atoms with Crippen molar-refractivity contribution in [3.8, 4) is 0 Å². The molecule has 5 nitrogen and oxygen atoms in total. The van der Waals surface area contributed by atoms with Gasteiger partial charge in [0.1, 0.15) is 10.6 Å². The Bertz CT molecular complexity index is 528. The number of rotatable bonds is 7. The Hall–Kier alpha value is -1.40. The molecule has 19 heavy (non-hydrogen) atoms. The molecule has 6 heteroatoms. The number of nitrogens with one attached hydrogen (secondary N) is 2. The lowest BCUT2D eigenvalue weighted by atomic mass is 10.3. The molecule has 0 bridgehead atoms. The van der Waals surface area contributed by atoms with Gasteiger partial charge in [-0.25, -0.2) is 4.98 Å². The highest BCUT2D eigenvalue weighted by molar-refractivity contribution is 7.16. The maximum Gasteiger partial charge on any atom is 0.226 e. The third kappa shape index (κ3) is 3.54. The van der Waals surface area contributed by atoms with Crippen LogP contribution in [0.4, 0.5) is 11.8 Å². The highest BCUT2D eigenvalue weighted by atomic mass is 32.1. The fourth-order valence-electron chi connectivity index (χ4n) is 1.77. The van der Waals surface area contributed by atoms with Gasteiger partial charge in [0.25, 0.3) is 0 Å². The van der Waals surface area contributed by atoms with Crippen LogP contribution in [0, 0.1) is 0 Å². The van der Waals surface area contributed by atoms with E-state index in [0.29, 0.717) is 12.6 Å². The summed E-state index contributed by atoms with van der Waals surface area (Å²) in [4.78, 5) is 10.0. The van der Waals surface area contributed by atoms with Crippen LogP contribution in [0.2, 0.25) is 0 Å². The maximum atomic E-state index is 5.42. The Balaban J connectivity index is 2.21. The first kappa shape index (κ1) is 14.0. The van der Waals surface area contributed by atoms with Crippen molar-refractivity contribution >= 4 is 33.3 Å². The van der Waals surface area contributed by atoms with Gasteiger partial charge < -0.3 is 15.4 Å². The molecule has 2 aromatic heterocycles. The standard InChI is InChI=1S/C13H20N4OS/c1-4-14-13-16-11(15-9(3)8-18-5-2)10-6-7-19-12(10)17-13/h6-7,9H,4-5,8H2,1-3H3,(H2,14,15,16,17). The van der Waals surface area contributed by atoms with Crippen molar-refractivity contribution < 1.29 is 4.74 Å². The summed E-state index contributed by atoms with van der Waals surface area (Å²) in [6, 6.07) is 2.26. The zero-order valence-corrected chi connectivity index (χ0v) is 12.4. The van der Waals surface area contributed by atoms with Crippen molar-refractivity contribution in [2.45, 2.75) is 26.8 Å². The van der Waals surface area contributed by atoms with E-state index in [-0.39, 0.29) is 6.04 Å². The lowest BCUT2D eigenvalue weighted by Crippen LogP contribution is -2.22. The summed E-state index contributed by atoms with van der Waals surface area (Å²) in [7, 11) is 0. The molecule has 104 valence electrons.